The second-order valence-electron chi connectivity index (χ2n) is 18.8. The number of hydrogen-bond donors (Lipinski definition) is 0. The monoisotopic (exact) mass is 945 g/mol. The second kappa shape index (κ2) is 58.1. The van der Waals surface area contributed by atoms with Crippen molar-refractivity contribution >= 4 is 11.9 Å². The summed E-state index contributed by atoms with van der Waals surface area (Å²) in [7, 11) is 0. The Bertz CT molecular complexity index is 1300. The van der Waals surface area contributed by atoms with Crippen LogP contribution in [0.25, 0.3) is 0 Å². The van der Waals surface area contributed by atoms with Crippen molar-refractivity contribution < 1.29 is 23.8 Å². The maximum atomic E-state index is 12.8. The molecule has 5 nitrogen and oxygen atoms in total. The molecule has 0 radical (unpaired) electrons. The Balaban J connectivity index is 4.35. The van der Waals surface area contributed by atoms with Crippen LogP contribution in [-0.2, 0) is 23.8 Å². The van der Waals surface area contributed by atoms with Gasteiger partial charge in [0.25, 0.3) is 0 Å². The molecule has 0 N–H and O–H groups in total. The van der Waals surface area contributed by atoms with E-state index in [4.69, 9.17) is 14.2 Å². The van der Waals surface area contributed by atoms with Gasteiger partial charge in [-0.3, -0.25) is 9.59 Å². The van der Waals surface area contributed by atoms with Gasteiger partial charge >= 0.3 is 11.9 Å². The largest absolute Gasteiger partial charge is 0.462 e. The molecule has 0 aliphatic heterocycles. The Morgan fingerprint density at radius 2 is 0.662 bits per heavy atom. The molecule has 0 aromatic carbocycles. The van der Waals surface area contributed by atoms with E-state index in [1.54, 1.807) is 0 Å². The van der Waals surface area contributed by atoms with Gasteiger partial charge in [-0.1, -0.05) is 253 Å². The average Bonchev–Trinajstić information content (AvgIpc) is 3.34. The highest BCUT2D eigenvalue weighted by molar-refractivity contribution is 5.70. The maximum Gasteiger partial charge on any atom is 0.306 e. The Labute approximate surface area is 422 Å². The molecule has 0 fully saturated rings. The van der Waals surface area contributed by atoms with E-state index in [2.05, 4.69) is 118 Å². The molecule has 1 unspecified atom stereocenters. The highest BCUT2D eigenvalue weighted by Crippen LogP contribution is 2.15. The Morgan fingerprint density at radius 3 is 1.09 bits per heavy atom. The van der Waals surface area contributed by atoms with E-state index in [1.807, 2.05) is 0 Å². The molecule has 0 amide bonds. The fourth-order valence-corrected chi connectivity index (χ4v) is 7.85. The Morgan fingerprint density at radius 1 is 0.338 bits per heavy atom. The van der Waals surface area contributed by atoms with Gasteiger partial charge in [-0.2, -0.15) is 0 Å². The van der Waals surface area contributed by atoms with Crippen molar-refractivity contribution in [3.8, 4) is 0 Å². The second-order valence-corrected chi connectivity index (χ2v) is 18.8. The number of hydrogen-bond acceptors (Lipinski definition) is 5. The molecule has 68 heavy (non-hydrogen) atoms. The molecule has 5 heteroatoms. The van der Waals surface area contributed by atoms with E-state index < -0.39 is 6.10 Å². The predicted octanol–water partition coefficient (Wildman–Crippen LogP) is 19.8. The van der Waals surface area contributed by atoms with E-state index in [0.717, 1.165) is 89.9 Å². The summed E-state index contributed by atoms with van der Waals surface area (Å²) in [5.74, 6) is -0.429. The number of ether oxygens (including phenoxy) is 3. The highest BCUT2D eigenvalue weighted by atomic mass is 16.6. The summed E-state index contributed by atoms with van der Waals surface area (Å²) in [5.41, 5.74) is 0. The fraction of sp³-hybridized carbons (Fsp3) is 0.714. The zero-order valence-electron chi connectivity index (χ0n) is 44.8. The first-order chi connectivity index (χ1) is 33.6. The number of allylic oxidation sites excluding steroid dienone is 16. The highest BCUT2D eigenvalue weighted by Gasteiger charge is 2.17. The zero-order valence-corrected chi connectivity index (χ0v) is 44.8. The fourth-order valence-electron chi connectivity index (χ4n) is 7.85. The van der Waals surface area contributed by atoms with Crippen molar-refractivity contribution in [3.63, 3.8) is 0 Å². The standard InChI is InChI=1S/C63H108O5/c1-4-7-10-13-16-19-22-25-27-29-31-33-35-37-40-43-46-49-52-55-58-66-59-61(68-63(65)57-54-51-48-45-42-38-24-21-18-15-12-9-6-3)60-67-62(64)56-53-50-47-44-41-39-36-34-32-30-28-26-23-20-17-14-11-8-5-2/h7,10,16-17,19-20,25-28,31,33,37,40,46,49,61H,4-6,8-9,11-15,18,21-24,29-30,32,34-36,38-39,41-45,47-48,50-60H2,1-3H3/b10-7-,19-16-,20-17-,27-25-,28-26-,33-31-,40-37-,49-46-. The third kappa shape index (κ3) is 55.4. The average molecular weight is 946 g/mol. The van der Waals surface area contributed by atoms with Crippen molar-refractivity contribution in [1.29, 1.82) is 0 Å². The molecule has 0 heterocycles. The summed E-state index contributed by atoms with van der Waals surface area (Å²) in [6.07, 6.45) is 78.6. The summed E-state index contributed by atoms with van der Waals surface area (Å²) in [4.78, 5) is 25.5. The SMILES string of the molecule is CC/C=C\C/C=C\C/C=C\C/C=C\C/C=C\C/C=C\CCCOCC(COC(=O)CCCCCCCCCCC/C=C\C/C=C\CCCCC)OC(=O)CCCCCCCCCCCCCCC. The quantitative estimate of drug-likeness (QED) is 0.0345. The number of carbonyl (C=O) groups excluding carboxylic acids is 2. The van der Waals surface area contributed by atoms with Crippen molar-refractivity contribution in [2.45, 2.75) is 271 Å². The number of carbonyl (C=O) groups is 2. The molecule has 0 aromatic heterocycles. The molecule has 0 spiro atoms. The maximum absolute atomic E-state index is 12.8. The molecule has 1 atom stereocenters. The minimum atomic E-state index is -0.572. The minimum absolute atomic E-state index is 0.0578. The van der Waals surface area contributed by atoms with Crippen LogP contribution in [-0.4, -0.2) is 37.9 Å². The Hall–Kier alpha value is -3.18. The van der Waals surface area contributed by atoms with Crippen molar-refractivity contribution in [2.24, 2.45) is 0 Å². The van der Waals surface area contributed by atoms with Gasteiger partial charge in [0.1, 0.15) is 6.61 Å². The van der Waals surface area contributed by atoms with Crippen LogP contribution in [0, 0.1) is 0 Å². The molecule has 0 saturated carbocycles. The Kier molecular flexibility index (Phi) is 55.4. The topological polar surface area (TPSA) is 61.8 Å². The first kappa shape index (κ1) is 64.8. The van der Waals surface area contributed by atoms with Gasteiger partial charge in [0, 0.05) is 19.4 Å². The molecular formula is C63H108O5. The molecular weight excluding hydrogens is 837 g/mol. The first-order valence-corrected chi connectivity index (χ1v) is 28.8. The molecule has 0 aliphatic carbocycles. The third-order valence-electron chi connectivity index (χ3n) is 12.1. The summed E-state index contributed by atoms with van der Waals surface area (Å²) in [6.45, 7) is 7.56. The molecule has 0 aromatic rings. The molecule has 390 valence electrons. The summed E-state index contributed by atoms with van der Waals surface area (Å²) in [6, 6.07) is 0. The van der Waals surface area contributed by atoms with Crippen LogP contribution in [0.3, 0.4) is 0 Å². The van der Waals surface area contributed by atoms with E-state index in [-0.39, 0.29) is 25.2 Å². The number of rotatable bonds is 52. The summed E-state index contributed by atoms with van der Waals surface area (Å²) < 4.78 is 17.4. The predicted molar refractivity (Wildman–Crippen MR) is 297 cm³/mol. The van der Waals surface area contributed by atoms with Crippen LogP contribution in [0.4, 0.5) is 0 Å². The lowest BCUT2D eigenvalue weighted by atomic mass is 10.0. The lowest BCUT2D eigenvalue weighted by Crippen LogP contribution is -2.30. The van der Waals surface area contributed by atoms with Crippen molar-refractivity contribution in [1.82, 2.24) is 0 Å². The zero-order chi connectivity index (χ0) is 49.2. The smallest absolute Gasteiger partial charge is 0.306 e. The summed E-state index contributed by atoms with van der Waals surface area (Å²) >= 11 is 0. The number of unbranched alkanes of at least 4 members (excludes halogenated alkanes) is 25. The van der Waals surface area contributed by atoms with Gasteiger partial charge in [0.15, 0.2) is 6.10 Å². The molecule has 0 saturated heterocycles. The van der Waals surface area contributed by atoms with Gasteiger partial charge < -0.3 is 14.2 Å². The van der Waals surface area contributed by atoms with E-state index in [0.29, 0.717) is 19.4 Å². The lowest BCUT2D eigenvalue weighted by molar-refractivity contribution is -0.163. The van der Waals surface area contributed by atoms with Crippen molar-refractivity contribution in [3.05, 3.63) is 97.2 Å². The third-order valence-corrected chi connectivity index (χ3v) is 12.1. The van der Waals surface area contributed by atoms with Gasteiger partial charge in [0.05, 0.1) is 6.61 Å². The van der Waals surface area contributed by atoms with Crippen LogP contribution in [0.5, 0.6) is 0 Å². The van der Waals surface area contributed by atoms with Gasteiger partial charge in [0.2, 0.25) is 0 Å². The summed E-state index contributed by atoms with van der Waals surface area (Å²) in [5, 5.41) is 0. The van der Waals surface area contributed by atoms with Crippen LogP contribution >= 0.6 is 0 Å². The minimum Gasteiger partial charge on any atom is -0.462 e. The normalized spacial score (nSPS) is 12.9. The molecule has 0 aliphatic rings. The van der Waals surface area contributed by atoms with E-state index in [1.165, 1.54) is 141 Å². The van der Waals surface area contributed by atoms with Crippen LogP contribution in [0.15, 0.2) is 97.2 Å². The van der Waals surface area contributed by atoms with Gasteiger partial charge in [-0.05, 0) is 96.3 Å². The van der Waals surface area contributed by atoms with Gasteiger partial charge in [-0.25, -0.2) is 0 Å². The van der Waals surface area contributed by atoms with Crippen LogP contribution in [0.2, 0.25) is 0 Å². The molecule has 0 bridgehead atoms. The van der Waals surface area contributed by atoms with Crippen LogP contribution in [0.1, 0.15) is 265 Å². The lowest BCUT2D eigenvalue weighted by Gasteiger charge is -2.18. The van der Waals surface area contributed by atoms with E-state index in [9.17, 15) is 9.59 Å². The number of esters is 2. The van der Waals surface area contributed by atoms with E-state index >= 15 is 0 Å². The van der Waals surface area contributed by atoms with Gasteiger partial charge in [-0.15, -0.1) is 0 Å². The first-order valence-electron chi connectivity index (χ1n) is 28.8. The van der Waals surface area contributed by atoms with Crippen molar-refractivity contribution in [2.75, 3.05) is 19.8 Å². The molecule has 0 rings (SSSR count). The van der Waals surface area contributed by atoms with Crippen LogP contribution < -0.4 is 0 Å².